The highest BCUT2D eigenvalue weighted by Crippen LogP contribution is 2.33. The van der Waals surface area contributed by atoms with Crippen molar-refractivity contribution in [2.24, 2.45) is 11.7 Å². The molecule has 1 aliphatic carbocycles. The maximum absolute atomic E-state index is 12.7. The first-order chi connectivity index (χ1) is 11.8. The number of carbonyl (C=O) groups is 1. The van der Waals surface area contributed by atoms with E-state index in [1.165, 1.54) is 11.4 Å². The predicted molar refractivity (Wildman–Crippen MR) is 93.6 cm³/mol. The fourth-order valence-corrected chi connectivity index (χ4v) is 5.37. The number of aliphatic hydroxyl groups excluding tert-OH is 1. The van der Waals surface area contributed by atoms with E-state index in [1.807, 2.05) is 12.1 Å². The number of nitrogens with one attached hydrogen (secondary N) is 1. The van der Waals surface area contributed by atoms with Crippen LogP contribution in [-0.4, -0.2) is 36.6 Å². The van der Waals surface area contributed by atoms with Crippen molar-refractivity contribution >= 4 is 27.3 Å². The van der Waals surface area contributed by atoms with E-state index in [2.05, 4.69) is 9.71 Å². The Morgan fingerprint density at radius 2 is 2.08 bits per heavy atom. The van der Waals surface area contributed by atoms with Crippen LogP contribution in [0.1, 0.15) is 28.8 Å². The van der Waals surface area contributed by atoms with Crippen molar-refractivity contribution in [3.63, 3.8) is 0 Å². The Bertz CT molecular complexity index is 845. The zero-order valence-electron chi connectivity index (χ0n) is 13.3. The van der Waals surface area contributed by atoms with Crippen LogP contribution in [0.5, 0.6) is 0 Å². The number of thiophene rings is 1. The number of amides is 1. The van der Waals surface area contributed by atoms with Gasteiger partial charge in [0.05, 0.1) is 11.7 Å². The first-order valence-electron chi connectivity index (χ1n) is 7.83. The minimum absolute atomic E-state index is 0.0564. The molecule has 1 unspecified atom stereocenters. The molecule has 1 fully saturated rings. The average Bonchev–Trinajstić information content (AvgIpc) is 3.03. The van der Waals surface area contributed by atoms with Gasteiger partial charge in [-0.15, -0.1) is 11.3 Å². The summed E-state index contributed by atoms with van der Waals surface area (Å²) in [7, 11) is -3.77. The lowest BCUT2D eigenvalue weighted by atomic mass is 9.76. The van der Waals surface area contributed by atoms with E-state index in [4.69, 9.17) is 5.73 Å². The Hall–Kier alpha value is -1.81. The van der Waals surface area contributed by atoms with Crippen LogP contribution in [0, 0.1) is 5.92 Å². The molecule has 9 heteroatoms. The normalized spacial score (nSPS) is 21.5. The third-order valence-electron chi connectivity index (χ3n) is 4.35. The van der Waals surface area contributed by atoms with Gasteiger partial charge in [0, 0.05) is 23.8 Å². The van der Waals surface area contributed by atoms with E-state index in [1.54, 1.807) is 12.4 Å². The van der Waals surface area contributed by atoms with Gasteiger partial charge in [-0.2, -0.15) is 0 Å². The van der Waals surface area contributed by atoms with Gasteiger partial charge in [0.2, 0.25) is 15.9 Å². The molecule has 0 aromatic carbocycles. The summed E-state index contributed by atoms with van der Waals surface area (Å²) in [6.07, 6.45) is 4.58. The van der Waals surface area contributed by atoms with Crippen molar-refractivity contribution in [3.8, 4) is 0 Å². The summed E-state index contributed by atoms with van der Waals surface area (Å²) in [6, 6.07) is 4.63. The molecule has 2 aromatic heterocycles. The lowest BCUT2D eigenvalue weighted by Gasteiger charge is -2.38. The number of aromatic nitrogens is 1. The second kappa shape index (κ2) is 7.20. The second-order valence-electron chi connectivity index (χ2n) is 6.19. The number of nitrogens with two attached hydrogens (primary N) is 1. The van der Waals surface area contributed by atoms with Gasteiger partial charge >= 0.3 is 0 Å². The Labute approximate surface area is 150 Å². The number of hydrogen-bond donors (Lipinski definition) is 3. The number of carbonyl (C=O) groups excluding carboxylic acids is 1. The molecule has 1 aliphatic rings. The maximum atomic E-state index is 12.7. The van der Waals surface area contributed by atoms with E-state index in [-0.39, 0.29) is 27.8 Å². The molecule has 2 aromatic rings. The first-order valence-corrected chi connectivity index (χ1v) is 10.2. The highest BCUT2D eigenvalue weighted by Gasteiger charge is 2.36. The Morgan fingerprint density at radius 3 is 2.64 bits per heavy atom. The van der Waals surface area contributed by atoms with Gasteiger partial charge in [-0.1, -0.05) is 0 Å². The third-order valence-corrected chi connectivity index (χ3v) is 7.28. The molecule has 0 spiro atoms. The van der Waals surface area contributed by atoms with E-state index in [0.717, 1.165) is 16.9 Å². The molecule has 0 bridgehead atoms. The van der Waals surface area contributed by atoms with Crippen molar-refractivity contribution in [1.29, 1.82) is 0 Å². The van der Waals surface area contributed by atoms with Crippen LogP contribution in [0.15, 0.2) is 40.2 Å². The van der Waals surface area contributed by atoms with Gasteiger partial charge in [0.15, 0.2) is 0 Å². The van der Waals surface area contributed by atoms with Crippen LogP contribution in [0.4, 0.5) is 0 Å². The van der Waals surface area contributed by atoms with Crippen molar-refractivity contribution in [1.82, 2.24) is 9.71 Å². The van der Waals surface area contributed by atoms with Crippen LogP contribution in [0.2, 0.25) is 0 Å². The number of primary amides is 1. The lowest BCUT2D eigenvalue weighted by molar-refractivity contribution is 0.0283. The monoisotopic (exact) mass is 381 g/mol. The molecule has 1 saturated carbocycles. The summed E-state index contributed by atoms with van der Waals surface area (Å²) in [5.74, 6) is -0.596. The summed E-state index contributed by atoms with van der Waals surface area (Å²) < 4.78 is 28.1. The van der Waals surface area contributed by atoms with Gasteiger partial charge in [-0.3, -0.25) is 9.78 Å². The fourth-order valence-electron chi connectivity index (χ4n) is 2.88. The Kier molecular flexibility index (Phi) is 5.19. The number of sulfonamides is 1. The number of hydrogen-bond acceptors (Lipinski definition) is 6. The second-order valence-corrected chi connectivity index (χ2v) is 9.04. The highest BCUT2D eigenvalue weighted by atomic mass is 32.2. The largest absolute Gasteiger partial charge is 0.393 e. The van der Waals surface area contributed by atoms with Gasteiger partial charge in [0.25, 0.3) is 0 Å². The molecule has 1 amide bonds. The van der Waals surface area contributed by atoms with E-state index < -0.39 is 15.9 Å². The molecular formula is C16H19N3O4S2. The minimum atomic E-state index is -3.77. The molecule has 25 heavy (non-hydrogen) atoms. The van der Waals surface area contributed by atoms with Crippen molar-refractivity contribution in [2.45, 2.75) is 35.6 Å². The summed E-state index contributed by atoms with van der Waals surface area (Å²) in [5, 5.41) is 11.0. The molecule has 0 radical (unpaired) electrons. The summed E-state index contributed by atoms with van der Waals surface area (Å²) in [4.78, 5) is 15.1. The van der Waals surface area contributed by atoms with Gasteiger partial charge < -0.3 is 10.8 Å². The molecular weight excluding hydrogens is 362 g/mol. The number of pyridine rings is 1. The van der Waals surface area contributed by atoms with Crippen molar-refractivity contribution in [3.05, 3.63) is 47.1 Å². The number of nitrogens with zero attached hydrogens (tertiary/aromatic N) is 1. The molecule has 0 saturated heterocycles. The zero-order valence-corrected chi connectivity index (χ0v) is 15.0. The van der Waals surface area contributed by atoms with Crippen LogP contribution < -0.4 is 10.5 Å². The Morgan fingerprint density at radius 1 is 1.40 bits per heavy atom. The van der Waals surface area contributed by atoms with Crippen LogP contribution in [0.3, 0.4) is 0 Å². The van der Waals surface area contributed by atoms with Gasteiger partial charge in [-0.05, 0) is 48.9 Å². The molecule has 0 aliphatic heterocycles. The zero-order chi connectivity index (χ0) is 18.0. The topological polar surface area (TPSA) is 122 Å². The van der Waals surface area contributed by atoms with Crippen LogP contribution in [0.25, 0.3) is 0 Å². The molecule has 7 nitrogen and oxygen atoms in total. The van der Waals surface area contributed by atoms with Crippen molar-refractivity contribution < 1.29 is 18.3 Å². The lowest BCUT2D eigenvalue weighted by Crippen LogP contribution is -2.48. The molecule has 3 rings (SSSR count). The molecule has 4 N–H and O–H groups in total. The minimum Gasteiger partial charge on any atom is -0.393 e. The van der Waals surface area contributed by atoms with Gasteiger partial charge in [-0.25, -0.2) is 13.1 Å². The summed E-state index contributed by atoms with van der Waals surface area (Å²) in [5.41, 5.74) is 6.33. The Balaban J connectivity index is 1.79. The maximum Gasteiger partial charge on any atom is 0.250 e. The van der Waals surface area contributed by atoms with Gasteiger partial charge in [0.1, 0.15) is 4.21 Å². The van der Waals surface area contributed by atoms with E-state index >= 15 is 0 Å². The van der Waals surface area contributed by atoms with E-state index in [9.17, 15) is 18.3 Å². The SMILES string of the molecule is NC(=O)c1csc(S(=O)(=O)NC(Cc2ccncc2)C2CC(O)C2)c1. The molecule has 1 atom stereocenters. The third kappa shape index (κ3) is 4.24. The highest BCUT2D eigenvalue weighted by molar-refractivity contribution is 7.91. The number of rotatable bonds is 7. The quantitative estimate of drug-likeness (QED) is 0.658. The van der Waals surface area contributed by atoms with Crippen LogP contribution >= 0.6 is 11.3 Å². The summed E-state index contributed by atoms with van der Waals surface area (Å²) >= 11 is 0.960. The molecule has 134 valence electrons. The summed E-state index contributed by atoms with van der Waals surface area (Å²) in [6.45, 7) is 0. The smallest absolute Gasteiger partial charge is 0.250 e. The standard InChI is InChI=1S/C16H19N3O4S2/c17-16(21)12-8-15(24-9-12)25(22,23)19-14(11-6-13(20)7-11)5-10-1-3-18-4-2-10/h1-4,8-9,11,13-14,19-20H,5-7H2,(H2,17,21). The average molecular weight is 381 g/mol. The predicted octanol–water partition coefficient (Wildman–Crippen LogP) is 0.902. The van der Waals surface area contributed by atoms with Crippen molar-refractivity contribution in [2.75, 3.05) is 0 Å². The fraction of sp³-hybridized carbons (Fsp3) is 0.375. The number of aliphatic hydroxyl groups is 1. The first kappa shape index (κ1) is 18.0. The van der Waals surface area contributed by atoms with Crippen LogP contribution in [-0.2, 0) is 16.4 Å². The van der Waals surface area contributed by atoms with E-state index in [0.29, 0.717) is 19.3 Å². The molecule has 2 heterocycles.